The normalized spacial score (nSPS) is 13.8. The minimum Gasteiger partial charge on any atom is -0.404 e. The quantitative estimate of drug-likeness (QED) is 0.542. The van der Waals surface area contributed by atoms with Gasteiger partial charge < -0.3 is 10.8 Å². The summed E-state index contributed by atoms with van der Waals surface area (Å²) in [6, 6.07) is 2.30. The summed E-state index contributed by atoms with van der Waals surface area (Å²) in [6.45, 7) is 6.38. The van der Waals surface area contributed by atoms with Crippen LogP contribution >= 0.6 is 0 Å². The van der Waals surface area contributed by atoms with E-state index in [1.54, 1.807) is 16.9 Å². The molecule has 154 valence electrons. The molecule has 3 N–H and O–H groups in total. The van der Waals surface area contributed by atoms with Crippen LogP contribution in [0, 0.1) is 0 Å². The number of nitrogens with zero attached hydrogens (tertiary/aromatic N) is 6. The first-order valence-electron chi connectivity index (χ1n) is 10.1. The van der Waals surface area contributed by atoms with E-state index in [9.17, 15) is 0 Å². The van der Waals surface area contributed by atoms with Crippen molar-refractivity contribution in [3.63, 3.8) is 0 Å². The molecule has 0 aromatic carbocycles. The fourth-order valence-corrected chi connectivity index (χ4v) is 3.26. The Labute approximate surface area is 170 Å². The van der Waals surface area contributed by atoms with Crippen LogP contribution < -0.4 is 5.73 Å². The third kappa shape index (κ3) is 4.54. The van der Waals surface area contributed by atoms with Gasteiger partial charge in [0.15, 0.2) is 0 Å². The molecular formula is C21H29N7O. The van der Waals surface area contributed by atoms with E-state index in [1.807, 2.05) is 36.3 Å². The first kappa shape index (κ1) is 20.7. The van der Waals surface area contributed by atoms with Gasteiger partial charge in [-0.25, -0.2) is 9.50 Å². The van der Waals surface area contributed by atoms with Crippen LogP contribution in [0.25, 0.3) is 22.3 Å². The molecule has 0 amide bonds. The first-order valence-corrected chi connectivity index (χ1v) is 10.1. The van der Waals surface area contributed by atoms with Crippen molar-refractivity contribution in [2.75, 3.05) is 6.61 Å². The maximum absolute atomic E-state index is 9.06. The third-order valence-electron chi connectivity index (χ3n) is 5.07. The lowest BCUT2D eigenvalue weighted by Crippen LogP contribution is -2.07. The third-order valence-corrected chi connectivity index (χ3v) is 5.07. The number of aromatic nitrogens is 5. The lowest BCUT2D eigenvalue weighted by molar-refractivity contribution is 0.279. The molecule has 0 aliphatic carbocycles. The standard InChI is InChI=1S/C21H29N7O/c1-4-18(5-2)27-13-17(12-25-27)21-20-6-8-24-28(20)14-19(26-21)16(10-22)11-23-15(3)7-9-29/h6,8,10-15,18,29H,4-5,7,9,22H2,1-3H3. The molecule has 8 nitrogen and oxygen atoms in total. The molecule has 0 bridgehead atoms. The maximum Gasteiger partial charge on any atom is 0.0999 e. The fraction of sp³-hybridized carbons (Fsp3) is 0.429. The lowest BCUT2D eigenvalue weighted by atomic mass is 10.1. The van der Waals surface area contributed by atoms with Crippen LogP contribution in [-0.4, -0.2) is 48.3 Å². The monoisotopic (exact) mass is 395 g/mol. The van der Waals surface area contributed by atoms with E-state index in [1.165, 1.54) is 6.20 Å². The average molecular weight is 396 g/mol. The molecular weight excluding hydrogens is 366 g/mol. The zero-order valence-electron chi connectivity index (χ0n) is 17.2. The summed E-state index contributed by atoms with van der Waals surface area (Å²) >= 11 is 0. The molecule has 8 heteroatoms. The summed E-state index contributed by atoms with van der Waals surface area (Å²) in [5, 5.41) is 18.0. The second kappa shape index (κ2) is 9.47. The molecule has 0 fully saturated rings. The Kier molecular flexibility index (Phi) is 6.77. The number of allylic oxidation sites excluding steroid dienone is 1. The van der Waals surface area contributed by atoms with Gasteiger partial charge in [0.2, 0.25) is 0 Å². The van der Waals surface area contributed by atoms with Crippen LogP contribution in [0.1, 0.15) is 51.8 Å². The molecule has 1 atom stereocenters. The predicted molar refractivity (Wildman–Crippen MR) is 116 cm³/mol. The van der Waals surface area contributed by atoms with E-state index in [-0.39, 0.29) is 12.6 Å². The molecule has 3 aromatic rings. The van der Waals surface area contributed by atoms with Crippen LogP contribution in [0.5, 0.6) is 0 Å². The number of aliphatic hydroxyl groups excluding tert-OH is 1. The van der Waals surface area contributed by atoms with Crippen molar-refractivity contribution in [2.45, 2.75) is 52.1 Å². The van der Waals surface area contributed by atoms with E-state index >= 15 is 0 Å². The molecule has 0 aliphatic heterocycles. The van der Waals surface area contributed by atoms with Gasteiger partial charge in [0.05, 0.1) is 41.5 Å². The molecule has 1 unspecified atom stereocenters. The summed E-state index contributed by atoms with van der Waals surface area (Å²) in [5.74, 6) is 0. The van der Waals surface area contributed by atoms with Crippen molar-refractivity contribution >= 4 is 17.3 Å². The van der Waals surface area contributed by atoms with Crippen molar-refractivity contribution < 1.29 is 5.11 Å². The molecule has 0 spiro atoms. The number of fused-ring (bicyclic) bond motifs is 1. The largest absolute Gasteiger partial charge is 0.404 e. The molecule has 29 heavy (non-hydrogen) atoms. The SMILES string of the molecule is CCC(CC)n1cc(-c2nc(C(C=NC(C)CCO)=CN)cn3nccc23)cn1. The Bertz CT molecular complexity index is 998. The summed E-state index contributed by atoms with van der Waals surface area (Å²) in [6.07, 6.45) is 13.3. The second-order valence-corrected chi connectivity index (χ2v) is 7.08. The molecule has 0 saturated carbocycles. The molecule has 0 saturated heterocycles. The van der Waals surface area contributed by atoms with E-state index in [2.05, 4.69) is 29.0 Å². The predicted octanol–water partition coefficient (Wildman–Crippen LogP) is 3.10. The number of aliphatic hydroxyl groups is 1. The van der Waals surface area contributed by atoms with E-state index < -0.39 is 0 Å². The van der Waals surface area contributed by atoms with Crippen molar-refractivity contribution in [1.82, 2.24) is 24.4 Å². The van der Waals surface area contributed by atoms with Gasteiger partial charge in [0.1, 0.15) is 0 Å². The number of rotatable bonds is 9. The minimum atomic E-state index is 0.00103. The van der Waals surface area contributed by atoms with Gasteiger partial charge in [0, 0.05) is 42.4 Å². The number of hydrogen-bond acceptors (Lipinski definition) is 6. The van der Waals surface area contributed by atoms with Crippen molar-refractivity contribution in [3.05, 3.63) is 42.7 Å². The molecule has 0 radical (unpaired) electrons. The highest BCUT2D eigenvalue weighted by molar-refractivity contribution is 6.09. The Morgan fingerprint density at radius 3 is 2.76 bits per heavy atom. The van der Waals surface area contributed by atoms with Gasteiger partial charge in [-0.05, 0) is 32.3 Å². The van der Waals surface area contributed by atoms with E-state index in [0.717, 1.165) is 29.6 Å². The number of aliphatic imine (C=N–C) groups is 1. The van der Waals surface area contributed by atoms with Crippen LogP contribution in [0.3, 0.4) is 0 Å². The van der Waals surface area contributed by atoms with Crippen LogP contribution in [-0.2, 0) is 0 Å². The Hall–Kier alpha value is -3.00. The number of nitrogens with two attached hydrogens (primary N) is 1. The molecule has 3 rings (SSSR count). The zero-order valence-corrected chi connectivity index (χ0v) is 17.2. The van der Waals surface area contributed by atoms with E-state index in [0.29, 0.717) is 23.7 Å². The van der Waals surface area contributed by atoms with Gasteiger partial charge in [-0.1, -0.05) is 13.8 Å². The summed E-state index contributed by atoms with van der Waals surface area (Å²) in [4.78, 5) is 9.32. The first-order chi connectivity index (χ1) is 14.1. The van der Waals surface area contributed by atoms with Gasteiger partial charge in [-0.15, -0.1) is 0 Å². The topological polar surface area (TPSA) is 107 Å². The summed E-state index contributed by atoms with van der Waals surface area (Å²) in [7, 11) is 0. The smallest absolute Gasteiger partial charge is 0.0999 e. The Morgan fingerprint density at radius 1 is 1.28 bits per heavy atom. The lowest BCUT2D eigenvalue weighted by Gasteiger charge is -2.12. The Morgan fingerprint density at radius 2 is 2.07 bits per heavy atom. The van der Waals surface area contributed by atoms with Crippen molar-refractivity contribution in [3.8, 4) is 11.3 Å². The van der Waals surface area contributed by atoms with Crippen molar-refractivity contribution in [1.29, 1.82) is 0 Å². The highest BCUT2D eigenvalue weighted by atomic mass is 16.3. The van der Waals surface area contributed by atoms with Gasteiger partial charge >= 0.3 is 0 Å². The van der Waals surface area contributed by atoms with Gasteiger partial charge in [0.25, 0.3) is 0 Å². The molecule has 3 heterocycles. The van der Waals surface area contributed by atoms with E-state index in [4.69, 9.17) is 15.8 Å². The summed E-state index contributed by atoms with van der Waals surface area (Å²) < 4.78 is 3.80. The van der Waals surface area contributed by atoms with Gasteiger partial charge in [-0.3, -0.25) is 9.67 Å². The van der Waals surface area contributed by atoms with Crippen molar-refractivity contribution in [2.24, 2.45) is 10.7 Å². The Balaban J connectivity index is 2.02. The van der Waals surface area contributed by atoms with Crippen LogP contribution in [0.2, 0.25) is 0 Å². The highest BCUT2D eigenvalue weighted by Gasteiger charge is 2.15. The second-order valence-electron chi connectivity index (χ2n) is 7.08. The number of hydrogen-bond donors (Lipinski definition) is 2. The summed E-state index contributed by atoms with van der Waals surface area (Å²) in [5.41, 5.74) is 9.87. The molecule has 3 aromatic heterocycles. The maximum atomic E-state index is 9.06. The highest BCUT2D eigenvalue weighted by Crippen LogP contribution is 2.26. The average Bonchev–Trinajstić information content (AvgIpc) is 3.39. The zero-order chi connectivity index (χ0) is 20.8. The van der Waals surface area contributed by atoms with Gasteiger partial charge in [-0.2, -0.15) is 10.2 Å². The molecule has 0 aliphatic rings. The fourth-order valence-electron chi connectivity index (χ4n) is 3.26. The van der Waals surface area contributed by atoms with Crippen LogP contribution in [0.4, 0.5) is 0 Å². The van der Waals surface area contributed by atoms with Crippen LogP contribution in [0.15, 0.2) is 42.0 Å². The minimum absolute atomic E-state index is 0.00103.